The second-order valence-electron chi connectivity index (χ2n) is 4.14. The van der Waals surface area contributed by atoms with Crippen molar-refractivity contribution in [3.8, 4) is 0 Å². The SMILES string of the molecule is CCNC(CC)C(CC)c1cccc(Cl)c1. The van der Waals surface area contributed by atoms with Crippen molar-refractivity contribution < 1.29 is 0 Å². The summed E-state index contributed by atoms with van der Waals surface area (Å²) in [5, 5.41) is 4.39. The summed E-state index contributed by atoms with van der Waals surface area (Å²) in [4.78, 5) is 0. The minimum Gasteiger partial charge on any atom is -0.314 e. The highest BCUT2D eigenvalue weighted by Gasteiger charge is 2.19. The van der Waals surface area contributed by atoms with Crippen molar-refractivity contribution in [2.45, 2.75) is 45.6 Å². The van der Waals surface area contributed by atoms with Crippen molar-refractivity contribution in [3.63, 3.8) is 0 Å². The van der Waals surface area contributed by atoms with Crippen LogP contribution in [0.5, 0.6) is 0 Å². The summed E-state index contributed by atoms with van der Waals surface area (Å²) in [7, 11) is 0. The molecule has 1 aromatic carbocycles. The van der Waals surface area contributed by atoms with Crippen molar-refractivity contribution in [2.75, 3.05) is 6.54 Å². The van der Waals surface area contributed by atoms with Crippen LogP contribution in [0.2, 0.25) is 5.02 Å². The fourth-order valence-corrected chi connectivity index (χ4v) is 2.52. The third kappa shape index (κ3) is 3.50. The molecule has 0 saturated carbocycles. The van der Waals surface area contributed by atoms with Gasteiger partial charge in [-0.1, -0.05) is 44.5 Å². The predicted octanol–water partition coefficient (Wildman–Crippen LogP) is 4.22. The van der Waals surface area contributed by atoms with Crippen molar-refractivity contribution >= 4 is 11.6 Å². The Bertz CT molecular complexity index is 311. The molecular weight excluding hydrogens is 218 g/mol. The molecule has 2 heteroatoms. The Hall–Kier alpha value is -0.530. The highest BCUT2D eigenvalue weighted by atomic mass is 35.5. The Balaban J connectivity index is 2.87. The molecule has 1 nitrogen and oxygen atoms in total. The van der Waals surface area contributed by atoms with Crippen LogP contribution in [0.15, 0.2) is 24.3 Å². The lowest BCUT2D eigenvalue weighted by Crippen LogP contribution is -2.34. The molecule has 0 bridgehead atoms. The first-order chi connectivity index (χ1) is 7.72. The van der Waals surface area contributed by atoms with Crippen molar-refractivity contribution in [2.24, 2.45) is 0 Å². The van der Waals surface area contributed by atoms with Crippen LogP contribution in [0.25, 0.3) is 0 Å². The smallest absolute Gasteiger partial charge is 0.0408 e. The number of hydrogen-bond donors (Lipinski definition) is 1. The van der Waals surface area contributed by atoms with Crippen molar-refractivity contribution in [1.29, 1.82) is 0 Å². The molecule has 2 atom stereocenters. The van der Waals surface area contributed by atoms with Gasteiger partial charge in [-0.3, -0.25) is 0 Å². The van der Waals surface area contributed by atoms with E-state index in [1.54, 1.807) is 0 Å². The Labute approximate surface area is 104 Å². The molecule has 1 rings (SSSR count). The van der Waals surface area contributed by atoms with Crippen LogP contribution < -0.4 is 5.32 Å². The van der Waals surface area contributed by atoms with Crippen LogP contribution in [0.4, 0.5) is 0 Å². The van der Waals surface area contributed by atoms with E-state index in [4.69, 9.17) is 11.6 Å². The molecule has 90 valence electrons. The quantitative estimate of drug-likeness (QED) is 0.784. The average molecular weight is 240 g/mol. The number of hydrogen-bond acceptors (Lipinski definition) is 1. The molecule has 0 saturated heterocycles. The summed E-state index contributed by atoms with van der Waals surface area (Å²) in [6.45, 7) is 7.66. The second-order valence-corrected chi connectivity index (χ2v) is 4.58. The maximum absolute atomic E-state index is 6.05. The van der Waals surface area contributed by atoms with E-state index in [-0.39, 0.29) is 0 Å². The van der Waals surface area contributed by atoms with E-state index in [9.17, 15) is 0 Å². The summed E-state index contributed by atoms with van der Waals surface area (Å²) < 4.78 is 0. The van der Waals surface area contributed by atoms with E-state index >= 15 is 0 Å². The molecule has 0 radical (unpaired) electrons. The first kappa shape index (κ1) is 13.5. The van der Waals surface area contributed by atoms with Gasteiger partial charge in [0.05, 0.1) is 0 Å². The molecule has 0 spiro atoms. The second kappa shape index (κ2) is 6.93. The summed E-state index contributed by atoms with van der Waals surface area (Å²) in [5.41, 5.74) is 1.35. The van der Waals surface area contributed by atoms with Gasteiger partial charge >= 0.3 is 0 Å². The number of rotatable bonds is 6. The topological polar surface area (TPSA) is 12.0 Å². The minimum atomic E-state index is 0.550. The molecule has 1 N–H and O–H groups in total. The van der Waals surface area contributed by atoms with Gasteiger partial charge in [0.2, 0.25) is 0 Å². The Morgan fingerprint density at radius 2 is 1.94 bits per heavy atom. The fraction of sp³-hybridized carbons (Fsp3) is 0.571. The zero-order chi connectivity index (χ0) is 12.0. The lowest BCUT2D eigenvalue weighted by molar-refractivity contribution is 0.420. The molecule has 0 aromatic heterocycles. The first-order valence-corrected chi connectivity index (χ1v) is 6.59. The zero-order valence-corrected chi connectivity index (χ0v) is 11.2. The van der Waals surface area contributed by atoms with Crippen LogP contribution in [0.3, 0.4) is 0 Å². The molecule has 0 aliphatic rings. The predicted molar refractivity (Wildman–Crippen MR) is 72.2 cm³/mol. The third-order valence-electron chi connectivity index (χ3n) is 3.11. The number of nitrogens with one attached hydrogen (secondary N) is 1. The van der Waals surface area contributed by atoms with Gasteiger partial charge in [0, 0.05) is 11.1 Å². The average Bonchev–Trinajstić information content (AvgIpc) is 2.29. The molecular formula is C14H22ClN. The molecule has 16 heavy (non-hydrogen) atoms. The Morgan fingerprint density at radius 1 is 1.19 bits per heavy atom. The van der Waals surface area contributed by atoms with Gasteiger partial charge in [-0.2, -0.15) is 0 Å². The Morgan fingerprint density at radius 3 is 2.44 bits per heavy atom. The first-order valence-electron chi connectivity index (χ1n) is 6.21. The lowest BCUT2D eigenvalue weighted by atomic mass is 9.88. The van der Waals surface area contributed by atoms with E-state index in [0.717, 1.165) is 24.4 Å². The normalized spacial score (nSPS) is 14.8. The summed E-state index contributed by atoms with van der Waals surface area (Å²) >= 11 is 6.05. The van der Waals surface area contributed by atoms with E-state index in [1.807, 2.05) is 12.1 Å². The van der Waals surface area contributed by atoms with Gasteiger partial charge in [-0.15, -0.1) is 0 Å². The largest absolute Gasteiger partial charge is 0.314 e. The van der Waals surface area contributed by atoms with Gasteiger partial charge < -0.3 is 5.32 Å². The standard InChI is InChI=1S/C14H22ClN/c1-4-13(14(5-2)16-6-3)11-8-7-9-12(15)10-11/h7-10,13-14,16H,4-6H2,1-3H3. The maximum Gasteiger partial charge on any atom is 0.0408 e. The van der Waals surface area contributed by atoms with Crippen LogP contribution in [0, 0.1) is 0 Å². The van der Waals surface area contributed by atoms with Crippen LogP contribution in [-0.4, -0.2) is 12.6 Å². The zero-order valence-electron chi connectivity index (χ0n) is 10.5. The fourth-order valence-electron chi connectivity index (χ4n) is 2.32. The van der Waals surface area contributed by atoms with Crippen LogP contribution >= 0.6 is 11.6 Å². The maximum atomic E-state index is 6.05. The number of halogens is 1. The van der Waals surface area contributed by atoms with Crippen molar-refractivity contribution in [1.82, 2.24) is 5.32 Å². The third-order valence-corrected chi connectivity index (χ3v) is 3.34. The van der Waals surface area contributed by atoms with E-state index in [2.05, 4.69) is 38.2 Å². The minimum absolute atomic E-state index is 0.550. The van der Waals surface area contributed by atoms with Gasteiger partial charge in [0.25, 0.3) is 0 Å². The summed E-state index contributed by atoms with van der Waals surface area (Å²) in [6.07, 6.45) is 2.30. The molecule has 0 amide bonds. The highest BCUT2D eigenvalue weighted by molar-refractivity contribution is 6.30. The summed E-state index contributed by atoms with van der Waals surface area (Å²) in [5.74, 6) is 0.559. The Kier molecular flexibility index (Phi) is 5.86. The van der Waals surface area contributed by atoms with Gasteiger partial charge in [0.1, 0.15) is 0 Å². The van der Waals surface area contributed by atoms with Crippen LogP contribution in [0.1, 0.15) is 45.1 Å². The number of benzene rings is 1. The van der Waals surface area contributed by atoms with Crippen molar-refractivity contribution in [3.05, 3.63) is 34.9 Å². The monoisotopic (exact) mass is 239 g/mol. The summed E-state index contributed by atoms with van der Waals surface area (Å²) in [6, 6.07) is 8.80. The molecule has 0 heterocycles. The van der Waals surface area contributed by atoms with Gasteiger partial charge in [0.15, 0.2) is 0 Å². The van der Waals surface area contributed by atoms with Gasteiger partial charge in [-0.05, 0) is 43.0 Å². The van der Waals surface area contributed by atoms with E-state index in [0.29, 0.717) is 12.0 Å². The molecule has 2 unspecified atom stereocenters. The van der Waals surface area contributed by atoms with Gasteiger partial charge in [-0.25, -0.2) is 0 Å². The molecule has 1 aromatic rings. The lowest BCUT2D eigenvalue weighted by Gasteiger charge is -2.26. The number of likely N-dealkylation sites (N-methyl/N-ethyl adjacent to an activating group) is 1. The van der Waals surface area contributed by atoms with E-state index < -0.39 is 0 Å². The highest BCUT2D eigenvalue weighted by Crippen LogP contribution is 2.27. The molecule has 0 aliphatic heterocycles. The van der Waals surface area contributed by atoms with E-state index in [1.165, 1.54) is 5.56 Å². The molecule has 0 fully saturated rings. The van der Waals surface area contributed by atoms with Crippen LogP contribution in [-0.2, 0) is 0 Å². The molecule has 0 aliphatic carbocycles.